The van der Waals surface area contributed by atoms with Crippen LogP contribution in [0, 0.1) is 0 Å². The van der Waals surface area contributed by atoms with E-state index in [1.165, 1.54) is 0 Å². The third-order valence-corrected chi connectivity index (χ3v) is 3.24. The van der Waals surface area contributed by atoms with Crippen molar-refractivity contribution in [1.82, 2.24) is 10.6 Å². The molecule has 1 aliphatic heterocycles. The molecule has 5 heteroatoms. The van der Waals surface area contributed by atoms with Crippen molar-refractivity contribution in [2.24, 2.45) is 0 Å². The maximum Gasteiger partial charge on any atom is 0.303 e. The summed E-state index contributed by atoms with van der Waals surface area (Å²) in [5, 5.41) is 14.6. The molecule has 0 aromatic rings. The van der Waals surface area contributed by atoms with Crippen LogP contribution in [0.5, 0.6) is 0 Å². The molecular weight excluding hydrogens is 232 g/mol. The molecular formula is C13H24N2O3. The molecule has 0 radical (unpaired) electrons. The van der Waals surface area contributed by atoms with Gasteiger partial charge in [0.05, 0.1) is 6.04 Å². The van der Waals surface area contributed by atoms with E-state index in [0.717, 1.165) is 58.0 Å². The Balaban J connectivity index is 1.86. The van der Waals surface area contributed by atoms with Crippen LogP contribution >= 0.6 is 0 Å². The number of aliphatic carboxylic acids is 1. The van der Waals surface area contributed by atoms with Gasteiger partial charge in [0.15, 0.2) is 0 Å². The second-order valence-corrected chi connectivity index (χ2v) is 4.85. The maximum absolute atomic E-state index is 11.6. The van der Waals surface area contributed by atoms with Crippen LogP contribution in [0.15, 0.2) is 0 Å². The highest BCUT2D eigenvalue weighted by Crippen LogP contribution is 2.06. The first-order valence-electron chi connectivity index (χ1n) is 6.93. The normalized spacial score (nSPS) is 18.8. The number of rotatable bonds is 9. The van der Waals surface area contributed by atoms with Crippen molar-refractivity contribution in [1.29, 1.82) is 0 Å². The number of carbonyl (C=O) groups is 2. The van der Waals surface area contributed by atoms with Gasteiger partial charge in [-0.3, -0.25) is 9.59 Å². The van der Waals surface area contributed by atoms with Crippen LogP contribution in [0.25, 0.3) is 0 Å². The Morgan fingerprint density at radius 1 is 1.17 bits per heavy atom. The molecule has 0 spiro atoms. The van der Waals surface area contributed by atoms with Crippen molar-refractivity contribution in [2.45, 2.75) is 57.4 Å². The summed E-state index contributed by atoms with van der Waals surface area (Å²) in [4.78, 5) is 21.9. The summed E-state index contributed by atoms with van der Waals surface area (Å²) >= 11 is 0. The molecule has 1 aliphatic rings. The Bertz CT molecular complexity index is 263. The molecule has 0 bridgehead atoms. The predicted molar refractivity (Wildman–Crippen MR) is 69.4 cm³/mol. The molecule has 0 aliphatic carbocycles. The van der Waals surface area contributed by atoms with E-state index in [4.69, 9.17) is 5.11 Å². The van der Waals surface area contributed by atoms with Gasteiger partial charge in [0.25, 0.3) is 0 Å². The van der Waals surface area contributed by atoms with Gasteiger partial charge in [-0.05, 0) is 32.2 Å². The molecule has 5 nitrogen and oxygen atoms in total. The van der Waals surface area contributed by atoms with Crippen molar-refractivity contribution >= 4 is 11.9 Å². The topological polar surface area (TPSA) is 78.4 Å². The fraction of sp³-hybridized carbons (Fsp3) is 0.846. The monoisotopic (exact) mass is 256 g/mol. The molecule has 1 fully saturated rings. The van der Waals surface area contributed by atoms with E-state index in [1.54, 1.807) is 0 Å². The standard InChI is InChI=1S/C13H24N2O3/c16-12(17)8-4-2-1-3-5-9-15-13(18)11-7-6-10-14-11/h11,14H,1-10H2,(H,15,18)(H,16,17). The second-order valence-electron chi connectivity index (χ2n) is 4.85. The van der Waals surface area contributed by atoms with Crippen molar-refractivity contribution in [2.75, 3.05) is 13.1 Å². The maximum atomic E-state index is 11.6. The lowest BCUT2D eigenvalue weighted by Crippen LogP contribution is -2.40. The van der Waals surface area contributed by atoms with E-state index in [1.807, 2.05) is 0 Å². The molecule has 3 N–H and O–H groups in total. The average molecular weight is 256 g/mol. The van der Waals surface area contributed by atoms with E-state index < -0.39 is 5.97 Å². The van der Waals surface area contributed by atoms with Gasteiger partial charge in [-0.25, -0.2) is 0 Å². The Hall–Kier alpha value is -1.10. The summed E-state index contributed by atoms with van der Waals surface area (Å²) in [6.07, 6.45) is 7.10. The van der Waals surface area contributed by atoms with E-state index in [0.29, 0.717) is 0 Å². The molecule has 1 amide bonds. The zero-order chi connectivity index (χ0) is 13.2. The van der Waals surface area contributed by atoms with Crippen LogP contribution in [0.3, 0.4) is 0 Å². The van der Waals surface area contributed by atoms with E-state index >= 15 is 0 Å². The predicted octanol–water partition coefficient (Wildman–Crippen LogP) is 1.28. The van der Waals surface area contributed by atoms with Crippen LogP contribution in [0.1, 0.15) is 51.4 Å². The highest BCUT2D eigenvalue weighted by atomic mass is 16.4. The summed E-state index contributed by atoms with van der Waals surface area (Å²) in [6.45, 7) is 1.68. The van der Waals surface area contributed by atoms with Gasteiger partial charge in [0.1, 0.15) is 0 Å². The summed E-state index contributed by atoms with van der Waals surface area (Å²) in [6, 6.07) is 0.0144. The van der Waals surface area contributed by atoms with Crippen LogP contribution < -0.4 is 10.6 Å². The van der Waals surface area contributed by atoms with Crippen molar-refractivity contribution in [3.63, 3.8) is 0 Å². The number of amides is 1. The molecule has 0 aromatic carbocycles. The first-order valence-corrected chi connectivity index (χ1v) is 6.93. The fourth-order valence-corrected chi connectivity index (χ4v) is 2.17. The van der Waals surface area contributed by atoms with E-state index in [9.17, 15) is 9.59 Å². The van der Waals surface area contributed by atoms with Crippen LogP contribution in [-0.2, 0) is 9.59 Å². The van der Waals surface area contributed by atoms with Gasteiger partial charge >= 0.3 is 5.97 Å². The van der Waals surface area contributed by atoms with Gasteiger partial charge < -0.3 is 15.7 Å². The molecule has 1 rings (SSSR count). The first kappa shape index (κ1) is 15.0. The largest absolute Gasteiger partial charge is 0.481 e. The minimum atomic E-state index is -0.716. The smallest absolute Gasteiger partial charge is 0.303 e. The summed E-state index contributed by atoms with van der Waals surface area (Å²) in [5.41, 5.74) is 0. The zero-order valence-electron chi connectivity index (χ0n) is 10.9. The average Bonchev–Trinajstić information content (AvgIpc) is 2.85. The Kier molecular flexibility index (Phi) is 7.41. The molecule has 104 valence electrons. The number of carboxylic acid groups (broad SMARTS) is 1. The van der Waals surface area contributed by atoms with Crippen molar-refractivity contribution in [3.05, 3.63) is 0 Å². The number of unbranched alkanes of at least 4 members (excludes halogenated alkanes) is 4. The SMILES string of the molecule is O=C(O)CCCCCCCNC(=O)C1CCCN1. The van der Waals surface area contributed by atoms with Gasteiger partial charge in [-0.1, -0.05) is 19.3 Å². The summed E-state index contributed by atoms with van der Waals surface area (Å²) < 4.78 is 0. The third-order valence-electron chi connectivity index (χ3n) is 3.24. The van der Waals surface area contributed by atoms with Crippen molar-refractivity contribution < 1.29 is 14.7 Å². The molecule has 1 heterocycles. The molecule has 1 unspecified atom stereocenters. The third kappa shape index (κ3) is 6.59. The number of carboxylic acids is 1. The van der Waals surface area contributed by atoms with Crippen LogP contribution in [0.4, 0.5) is 0 Å². The number of nitrogens with one attached hydrogen (secondary N) is 2. The minimum Gasteiger partial charge on any atom is -0.481 e. The second kappa shape index (κ2) is 8.91. The van der Waals surface area contributed by atoms with Gasteiger partial charge in [-0.15, -0.1) is 0 Å². The zero-order valence-corrected chi connectivity index (χ0v) is 10.9. The van der Waals surface area contributed by atoms with Crippen LogP contribution in [-0.4, -0.2) is 36.1 Å². The number of carbonyl (C=O) groups excluding carboxylic acids is 1. The lowest BCUT2D eigenvalue weighted by atomic mass is 10.1. The number of hydrogen-bond donors (Lipinski definition) is 3. The quantitative estimate of drug-likeness (QED) is 0.543. The Morgan fingerprint density at radius 2 is 1.89 bits per heavy atom. The lowest BCUT2D eigenvalue weighted by Gasteiger charge is -2.10. The molecule has 0 aromatic heterocycles. The minimum absolute atomic E-state index is 0.0144. The Labute approximate surface area is 108 Å². The summed E-state index contributed by atoms with van der Waals surface area (Å²) in [5.74, 6) is -0.593. The lowest BCUT2D eigenvalue weighted by molar-refractivity contribution is -0.137. The molecule has 1 saturated heterocycles. The first-order chi connectivity index (χ1) is 8.70. The molecule has 0 saturated carbocycles. The Morgan fingerprint density at radius 3 is 2.56 bits per heavy atom. The van der Waals surface area contributed by atoms with E-state index in [-0.39, 0.29) is 18.4 Å². The molecule has 18 heavy (non-hydrogen) atoms. The fourth-order valence-electron chi connectivity index (χ4n) is 2.17. The highest BCUT2D eigenvalue weighted by molar-refractivity contribution is 5.81. The highest BCUT2D eigenvalue weighted by Gasteiger charge is 2.20. The van der Waals surface area contributed by atoms with Gasteiger partial charge in [-0.2, -0.15) is 0 Å². The van der Waals surface area contributed by atoms with Crippen molar-refractivity contribution in [3.8, 4) is 0 Å². The number of hydrogen-bond acceptors (Lipinski definition) is 3. The van der Waals surface area contributed by atoms with Crippen LogP contribution in [0.2, 0.25) is 0 Å². The summed E-state index contributed by atoms with van der Waals surface area (Å²) in [7, 11) is 0. The molecule has 1 atom stereocenters. The van der Waals surface area contributed by atoms with Gasteiger partial charge in [0.2, 0.25) is 5.91 Å². The van der Waals surface area contributed by atoms with E-state index in [2.05, 4.69) is 10.6 Å². The van der Waals surface area contributed by atoms with Gasteiger partial charge in [0, 0.05) is 13.0 Å².